The number of halogens is 1. The maximum absolute atomic E-state index is 13.2. The van der Waals surface area contributed by atoms with Gasteiger partial charge in [-0.1, -0.05) is 12.1 Å². The third-order valence-electron chi connectivity index (χ3n) is 2.33. The zero-order chi connectivity index (χ0) is 12.1. The lowest BCUT2D eigenvalue weighted by Gasteiger charge is -2.12. The van der Waals surface area contributed by atoms with Crippen LogP contribution in [0.5, 0.6) is 5.75 Å². The summed E-state index contributed by atoms with van der Waals surface area (Å²) in [5, 5.41) is 0. The first-order chi connectivity index (χ1) is 8.25. The van der Waals surface area contributed by atoms with Crippen molar-refractivity contribution < 1.29 is 13.5 Å². The van der Waals surface area contributed by atoms with Crippen molar-refractivity contribution in [1.82, 2.24) is 0 Å². The Morgan fingerprint density at radius 3 is 2.76 bits per heavy atom. The van der Waals surface area contributed by atoms with Gasteiger partial charge in [0.2, 0.25) is 0 Å². The molecule has 0 aliphatic rings. The van der Waals surface area contributed by atoms with Crippen molar-refractivity contribution >= 4 is 0 Å². The molecule has 2 rings (SSSR count). The molecule has 4 heteroatoms. The van der Waals surface area contributed by atoms with E-state index in [4.69, 9.17) is 14.9 Å². The standard InChI is InChI=1S/C13H14FNO2/c14-12-5-1-2-6-13(12)17-9-10(15)8-11-4-3-7-16-11/h1-7,10H,8-9,15H2. The summed E-state index contributed by atoms with van der Waals surface area (Å²) in [6, 6.07) is 9.70. The van der Waals surface area contributed by atoms with Crippen molar-refractivity contribution in [3.8, 4) is 5.75 Å². The smallest absolute Gasteiger partial charge is 0.165 e. The van der Waals surface area contributed by atoms with Gasteiger partial charge < -0.3 is 14.9 Å². The third-order valence-corrected chi connectivity index (χ3v) is 2.33. The number of para-hydroxylation sites is 1. The van der Waals surface area contributed by atoms with Gasteiger partial charge in [0, 0.05) is 12.5 Å². The topological polar surface area (TPSA) is 48.4 Å². The Morgan fingerprint density at radius 1 is 1.24 bits per heavy atom. The molecular formula is C13H14FNO2. The van der Waals surface area contributed by atoms with Gasteiger partial charge in [0.05, 0.1) is 6.26 Å². The van der Waals surface area contributed by atoms with Crippen LogP contribution in [0.2, 0.25) is 0 Å². The Labute approximate surface area is 99.0 Å². The quantitative estimate of drug-likeness (QED) is 0.865. The fraction of sp³-hybridized carbons (Fsp3) is 0.231. The summed E-state index contributed by atoms with van der Waals surface area (Å²) in [5.74, 6) is 0.648. The molecule has 0 fully saturated rings. The summed E-state index contributed by atoms with van der Waals surface area (Å²) in [6.45, 7) is 0.252. The second-order valence-corrected chi connectivity index (χ2v) is 3.78. The molecule has 0 aliphatic carbocycles. The number of hydrogen-bond acceptors (Lipinski definition) is 3. The molecule has 2 aromatic rings. The lowest BCUT2D eigenvalue weighted by Crippen LogP contribution is -2.30. The number of nitrogens with two attached hydrogens (primary N) is 1. The second kappa shape index (κ2) is 5.50. The van der Waals surface area contributed by atoms with E-state index in [2.05, 4.69) is 0 Å². The maximum atomic E-state index is 13.2. The van der Waals surface area contributed by atoms with Crippen molar-refractivity contribution in [1.29, 1.82) is 0 Å². The van der Waals surface area contributed by atoms with Crippen LogP contribution in [0, 0.1) is 5.82 Å². The lowest BCUT2D eigenvalue weighted by molar-refractivity contribution is 0.270. The molecule has 0 amide bonds. The van der Waals surface area contributed by atoms with Gasteiger partial charge in [0.15, 0.2) is 11.6 Å². The van der Waals surface area contributed by atoms with E-state index < -0.39 is 0 Å². The van der Waals surface area contributed by atoms with E-state index in [1.807, 2.05) is 6.07 Å². The molecule has 0 saturated carbocycles. The summed E-state index contributed by atoms with van der Waals surface area (Å²) in [4.78, 5) is 0. The minimum absolute atomic E-state index is 0.222. The Hall–Kier alpha value is -1.81. The van der Waals surface area contributed by atoms with Gasteiger partial charge in [-0.05, 0) is 24.3 Å². The fourth-order valence-corrected chi connectivity index (χ4v) is 1.50. The molecule has 0 aliphatic heterocycles. The maximum Gasteiger partial charge on any atom is 0.165 e. The van der Waals surface area contributed by atoms with Crippen LogP contribution >= 0.6 is 0 Å². The number of hydrogen-bond donors (Lipinski definition) is 1. The van der Waals surface area contributed by atoms with Crippen molar-refractivity contribution in [3.63, 3.8) is 0 Å². The molecule has 0 bridgehead atoms. The molecule has 0 spiro atoms. The van der Waals surface area contributed by atoms with E-state index >= 15 is 0 Å². The number of rotatable bonds is 5. The van der Waals surface area contributed by atoms with E-state index in [0.29, 0.717) is 6.42 Å². The van der Waals surface area contributed by atoms with Gasteiger partial charge in [-0.25, -0.2) is 4.39 Å². The molecule has 1 unspecified atom stereocenters. The average Bonchev–Trinajstić information content (AvgIpc) is 2.81. The first-order valence-corrected chi connectivity index (χ1v) is 5.41. The summed E-state index contributed by atoms with van der Waals surface area (Å²) < 4.78 is 23.7. The molecule has 1 aromatic heterocycles. The predicted octanol–water partition coefficient (Wildman–Crippen LogP) is 2.37. The Bertz CT molecular complexity index is 456. The van der Waals surface area contributed by atoms with Crippen LogP contribution in [0.4, 0.5) is 4.39 Å². The SMILES string of the molecule is NC(COc1ccccc1F)Cc1ccco1. The molecule has 17 heavy (non-hydrogen) atoms. The lowest BCUT2D eigenvalue weighted by atomic mass is 10.2. The van der Waals surface area contributed by atoms with E-state index in [-0.39, 0.29) is 24.2 Å². The van der Waals surface area contributed by atoms with Crippen LogP contribution in [-0.4, -0.2) is 12.6 Å². The zero-order valence-electron chi connectivity index (χ0n) is 9.30. The number of furan rings is 1. The minimum atomic E-state index is -0.377. The first-order valence-electron chi connectivity index (χ1n) is 5.41. The molecule has 3 nitrogen and oxygen atoms in total. The Morgan fingerprint density at radius 2 is 2.06 bits per heavy atom. The van der Waals surface area contributed by atoms with Crippen LogP contribution in [-0.2, 0) is 6.42 Å². The van der Waals surface area contributed by atoms with Gasteiger partial charge in [-0.3, -0.25) is 0 Å². The first kappa shape index (κ1) is 11.7. The van der Waals surface area contributed by atoms with Gasteiger partial charge in [-0.2, -0.15) is 0 Å². The second-order valence-electron chi connectivity index (χ2n) is 3.78. The van der Waals surface area contributed by atoms with E-state index in [1.165, 1.54) is 6.07 Å². The van der Waals surface area contributed by atoms with E-state index in [0.717, 1.165) is 5.76 Å². The molecule has 1 atom stereocenters. The molecule has 0 saturated heterocycles. The number of ether oxygens (including phenoxy) is 1. The van der Waals surface area contributed by atoms with Crippen molar-refractivity contribution in [3.05, 3.63) is 54.2 Å². The summed E-state index contributed by atoms with van der Waals surface area (Å²) in [7, 11) is 0. The average molecular weight is 235 g/mol. The molecule has 2 N–H and O–H groups in total. The van der Waals surface area contributed by atoms with Gasteiger partial charge in [-0.15, -0.1) is 0 Å². The Kier molecular flexibility index (Phi) is 3.77. The van der Waals surface area contributed by atoms with Crippen molar-refractivity contribution in [2.75, 3.05) is 6.61 Å². The fourth-order valence-electron chi connectivity index (χ4n) is 1.50. The normalized spacial score (nSPS) is 12.4. The highest BCUT2D eigenvalue weighted by Gasteiger charge is 2.08. The molecule has 90 valence electrons. The summed E-state index contributed by atoms with van der Waals surface area (Å²) in [5.41, 5.74) is 5.86. The zero-order valence-corrected chi connectivity index (χ0v) is 9.30. The highest BCUT2D eigenvalue weighted by Crippen LogP contribution is 2.15. The van der Waals surface area contributed by atoms with Crippen LogP contribution in [0.15, 0.2) is 47.1 Å². The van der Waals surface area contributed by atoms with Crippen LogP contribution in [0.1, 0.15) is 5.76 Å². The minimum Gasteiger partial charge on any atom is -0.489 e. The molecule has 1 heterocycles. The van der Waals surface area contributed by atoms with E-state index in [1.54, 1.807) is 30.5 Å². The highest BCUT2D eigenvalue weighted by molar-refractivity contribution is 5.23. The van der Waals surface area contributed by atoms with Crippen LogP contribution < -0.4 is 10.5 Å². The molecular weight excluding hydrogens is 221 g/mol. The van der Waals surface area contributed by atoms with Gasteiger partial charge in [0.25, 0.3) is 0 Å². The van der Waals surface area contributed by atoms with Crippen molar-refractivity contribution in [2.24, 2.45) is 5.73 Å². The van der Waals surface area contributed by atoms with Crippen LogP contribution in [0.25, 0.3) is 0 Å². The van der Waals surface area contributed by atoms with Crippen molar-refractivity contribution in [2.45, 2.75) is 12.5 Å². The highest BCUT2D eigenvalue weighted by atomic mass is 19.1. The third kappa shape index (κ3) is 3.32. The van der Waals surface area contributed by atoms with Gasteiger partial charge >= 0.3 is 0 Å². The number of benzene rings is 1. The van der Waals surface area contributed by atoms with Crippen LogP contribution in [0.3, 0.4) is 0 Å². The molecule has 0 radical (unpaired) electrons. The molecule has 1 aromatic carbocycles. The summed E-state index contributed by atoms with van der Waals surface area (Å²) >= 11 is 0. The predicted molar refractivity (Wildman–Crippen MR) is 62.3 cm³/mol. The van der Waals surface area contributed by atoms with Gasteiger partial charge in [0.1, 0.15) is 12.4 Å². The largest absolute Gasteiger partial charge is 0.489 e. The Balaban J connectivity index is 1.84. The monoisotopic (exact) mass is 235 g/mol. The summed E-state index contributed by atoms with van der Waals surface area (Å²) in [6.07, 6.45) is 2.17. The van der Waals surface area contributed by atoms with E-state index in [9.17, 15) is 4.39 Å².